The van der Waals surface area contributed by atoms with Crippen LogP contribution in [-0.4, -0.2) is 31.8 Å². The Bertz CT molecular complexity index is 515. The highest BCUT2D eigenvalue weighted by Crippen LogP contribution is 2.28. The number of hydrogen-bond acceptors (Lipinski definition) is 3. The summed E-state index contributed by atoms with van der Waals surface area (Å²) in [6.45, 7) is 0. The van der Waals surface area contributed by atoms with Gasteiger partial charge in [0.05, 0.1) is 18.0 Å². The van der Waals surface area contributed by atoms with Crippen molar-refractivity contribution in [2.24, 2.45) is 0 Å². The number of nitrogens with one attached hydrogen (secondary N) is 1. The lowest BCUT2D eigenvalue weighted by molar-refractivity contribution is 0.0346. The first-order valence-electron chi connectivity index (χ1n) is 5.34. The second kappa shape index (κ2) is 5.60. The third-order valence-corrected chi connectivity index (χ3v) is 3.31. The molecule has 4 nitrogen and oxygen atoms in total. The molecule has 96 valence electrons. The Labute approximate surface area is 112 Å². The third kappa shape index (κ3) is 2.60. The van der Waals surface area contributed by atoms with E-state index in [0.717, 1.165) is 0 Å². The van der Waals surface area contributed by atoms with E-state index in [-0.39, 0.29) is 11.1 Å². The van der Waals surface area contributed by atoms with E-state index < -0.39 is 12.2 Å². The molecule has 2 aromatic rings. The molecule has 18 heavy (non-hydrogen) atoms. The molecule has 0 amide bonds. The molecule has 1 aromatic carbocycles. The van der Waals surface area contributed by atoms with Crippen LogP contribution in [0, 0.1) is 5.82 Å². The van der Waals surface area contributed by atoms with Crippen molar-refractivity contribution in [1.82, 2.24) is 10.2 Å². The Morgan fingerprint density at radius 2 is 1.94 bits per heavy atom. The summed E-state index contributed by atoms with van der Waals surface area (Å²) >= 11 is 3.10. The van der Waals surface area contributed by atoms with Crippen molar-refractivity contribution in [1.29, 1.82) is 0 Å². The first-order valence-corrected chi connectivity index (χ1v) is 6.47. The molecule has 0 aliphatic rings. The summed E-state index contributed by atoms with van der Waals surface area (Å²) in [7, 11) is 0. The van der Waals surface area contributed by atoms with Crippen LogP contribution < -0.4 is 0 Å². The maximum absolute atomic E-state index is 12.8. The number of H-pyrrole nitrogens is 1. The van der Waals surface area contributed by atoms with Gasteiger partial charge in [-0.15, -0.1) is 0 Å². The third-order valence-electron chi connectivity index (χ3n) is 2.64. The molecule has 2 unspecified atom stereocenters. The van der Waals surface area contributed by atoms with Crippen LogP contribution in [0.25, 0.3) is 11.3 Å². The first-order chi connectivity index (χ1) is 8.63. The summed E-state index contributed by atoms with van der Waals surface area (Å²) in [6.07, 6.45) is -0.528. The molecule has 0 saturated carbocycles. The lowest BCUT2D eigenvalue weighted by atomic mass is 10.0. The number of halogens is 2. The SMILES string of the molecule is OC(CBr)C(O)c1cn[nH]c1-c1ccc(F)cc1. The summed E-state index contributed by atoms with van der Waals surface area (Å²) in [6, 6.07) is 5.82. The van der Waals surface area contributed by atoms with Crippen LogP contribution in [0.3, 0.4) is 0 Å². The van der Waals surface area contributed by atoms with Crippen molar-refractivity contribution in [2.75, 3.05) is 5.33 Å². The van der Waals surface area contributed by atoms with Gasteiger partial charge in [0, 0.05) is 16.5 Å². The minimum Gasteiger partial charge on any atom is -0.389 e. The van der Waals surface area contributed by atoms with E-state index >= 15 is 0 Å². The molecule has 0 radical (unpaired) electrons. The van der Waals surface area contributed by atoms with Crippen molar-refractivity contribution in [3.05, 3.63) is 41.8 Å². The Balaban J connectivity index is 2.35. The fraction of sp³-hybridized carbons (Fsp3) is 0.250. The molecule has 1 heterocycles. The van der Waals surface area contributed by atoms with Crippen LogP contribution in [0.2, 0.25) is 0 Å². The molecule has 3 N–H and O–H groups in total. The average molecular weight is 315 g/mol. The molecule has 0 fully saturated rings. The second-order valence-corrected chi connectivity index (χ2v) is 4.52. The minimum atomic E-state index is -1.05. The molecule has 0 aliphatic heterocycles. The van der Waals surface area contributed by atoms with Crippen LogP contribution in [0.1, 0.15) is 11.7 Å². The maximum atomic E-state index is 12.8. The van der Waals surface area contributed by atoms with E-state index in [9.17, 15) is 14.6 Å². The van der Waals surface area contributed by atoms with Crippen LogP contribution in [0.5, 0.6) is 0 Å². The smallest absolute Gasteiger partial charge is 0.123 e. The number of rotatable bonds is 4. The topological polar surface area (TPSA) is 69.1 Å². The van der Waals surface area contributed by atoms with Crippen molar-refractivity contribution in [2.45, 2.75) is 12.2 Å². The van der Waals surface area contributed by atoms with Crippen molar-refractivity contribution in [3.63, 3.8) is 0 Å². The molecule has 2 atom stereocenters. The van der Waals surface area contributed by atoms with Crippen LogP contribution in [-0.2, 0) is 0 Å². The fourth-order valence-corrected chi connectivity index (χ4v) is 2.01. The van der Waals surface area contributed by atoms with E-state index in [1.165, 1.54) is 18.3 Å². The molecular weight excluding hydrogens is 303 g/mol. The zero-order valence-electron chi connectivity index (χ0n) is 9.35. The number of aliphatic hydroxyl groups excluding tert-OH is 2. The Morgan fingerprint density at radius 3 is 2.56 bits per heavy atom. The zero-order chi connectivity index (χ0) is 13.1. The Morgan fingerprint density at radius 1 is 1.28 bits per heavy atom. The van der Waals surface area contributed by atoms with Crippen LogP contribution in [0.15, 0.2) is 30.5 Å². The lowest BCUT2D eigenvalue weighted by Crippen LogP contribution is -2.19. The summed E-state index contributed by atoms with van der Waals surface area (Å²) in [5.41, 5.74) is 1.75. The molecular formula is C12H12BrFN2O2. The van der Waals surface area contributed by atoms with Gasteiger partial charge in [-0.2, -0.15) is 5.10 Å². The highest BCUT2D eigenvalue weighted by Gasteiger charge is 2.22. The first kappa shape index (κ1) is 13.2. The summed E-state index contributed by atoms with van der Waals surface area (Å²) < 4.78 is 12.8. The molecule has 6 heteroatoms. The Hall–Kier alpha value is -1.24. The maximum Gasteiger partial charge on any atom is 0.123 e. The number of benzene rings is 1. The highest BCUT2D eigenvalue weighted by molar-refractivity contribution is 9.09. The number of nitrogens with zero attached hydrogens (tertiary/aromatic N) is 1. The van der Waals surface area contributed by atoms with Gasteiger partial charge in [0.25, 0.3) is 0 Å². The van der Waals surface area contributed by atoms with Gasteiger partial charge in [-0.1, -0.05) is 15.9 Å². The monoisotopic (exact) mass is 314 g/mol. The van der Waals surface area contributed by atoms with Gasteiger partial charge in [0.15, 0.2) is 0 Å². The molecule has 0 spiro atoms. The van der Waals surface area contributed by atoms with E-state index in [1.807, 2.05) is 0 Å². The normalized spacial score (nSPS) is 14.4. The summed E-state index contributed by atoms with van der Waals surface area (Å²) in [5.74, 6) is -0.333. The minimum absolute atomic E-state index is 0.252. The number of hydrogen-bond donors (Lipinski definition) is 3. The largest absolute Gasteiger partial charge is 0.389 e. The molecule has 1 aromatic heterocycles. The molecule has 0 aliphatic carbocycles. The number of alkyl halides is 1. The van der Waals surface area contributed by atoms with Gasteiger partial charge < -0.3 is 10.2 Å². The van der Waals surface area contributed by atoms with Crippen molar-refractivity contribution < 1.29 is 14.6 Å². The average Bonchev–Trinajstić information content (AvgIpc) is 2.87. The lowest BCUT2D eigenvalue weighted by Gasteiger charge is -2.15. The predicted molar refractivity (Wildman–Crippen MR) is 68.7 cm³/mol. The summed E-state index contributed by atoms with van der Waals surface area (Å²) in [4.78, 5) is 0. The van der Waals surface area contributed by atoms with Crippen LogP contribution in [0.4, 0.5) is 4.39 Å². The Kier molecular flexibility index (Phi) is 4.11. The van der Waals surface area contributed by atoms with Crippen molar-refractivity contribution in [3.8, 4) is 11.3 Å². The molecule has 2 rings (SSSR count). The zero-order valence-corrected chi connectivity index (χ0v) is 10.9. The second-order valence-electron chi connectivity index (χ2n) is 3.87. The predicted octanol–water partition coefficient (Wildman–Crippen LogP) is 2.00. The van der Waals surface area contributed by atoms with Gasteiger partial charge in [-0.25, -0.2) is 4.39 Å². The van der Waals surface area contributed by atoms with Gasteiger partial charge in [-0.3, -0.25) is 5.10 Å². The summed E-state index contributed by atoms with van der Waals surface area (Å²) in [5, 5.41) is 26.4. The number of aliphatic hydroxyl groups is 2. The van der Waals surface area contributed by atoms with Gasteiger partial charge in [0.2, 0.25) is 0 Å². The van der Waals surface area contributed by atoms with E-state index in [1.54, 1.807) is 12.1 Å². The standard InChI is InChI=1S/C12H12BrFN2O2/c13-5-10(17)12(18)9-6-15-16-11(9)7-1-3-8(14)4-2-7/h1-4,6,10,12,17-18H,5H2,(H,15,16). The number of aromatic amines is 1. The number of aromatic nitrogens is 2. The van der Waals surface area contributed by atoms with E-state index in [4.69, 9.17) is 0 Å². The highest BCUT2D eigenvalue weighted by atomic mass is 79.9. The quantitative estimate of drug-likeness (QED) is 0.756. The van der Waals surface area contributed by atoms with E-state index in [2.05, 4.69) is 26.1 Å². The molecule has 0 bridgehead atoms. The molecule has 0 saturated heterocycles. The van der Waals surface area contributed by atoms with E-state index in [0.29, 0.717) is 16.8 Å². The van der Waals surface area contributed by atoms with Gasteiger partial charge >= 0.3 is 0 Å². The van der Waals surface area contributed by atoms with Crippen molar-refractivity contribution >= 4 is 15.9 Å². The fourth-order valence-electron chi connectivity index (χ4n) is 1.66. The van der Waals surface area contributed by atoms with Gasteiger partial charge in [0.1, 0.15) is 11.9 Å². The van der Waals surface area contributed by atoms with Gasteiger partial charge in [-0.05, 0) is 24.3 Å². The van der Waals surface area contributed by atoms with Crippen LogP contribution >= 0.6 is 15.9 Å².